The number of hydrogen-bond acceptors (Lipinski definition) is 34. The summed E-state index contributed by atoms with van der Waals surface area (Å²) in [5.74, 6) is -1.33. The van der Waals surface area contributed by atoms with E-state index < -0.39 is 187 Å². The number of halogens is 3. The Hall–Kier alpha value is -4.07. The number of nitrogens with zero attached hydrogens (tertiary/aromatic N) is 2. The Morgan fingerprint density at radius 2 is 0.879 bits per heavy atom. The molecule has 0 aromatic rings. The zero-order valence-electron chi connectivity index (χ0n) is 70.8. The Labute approximate surface area is 722 Å². The second kappa shape index (κ2) is 29.5. The molecule has 24 rings (SSSR count). The molecule has 8 aliphatic heterocycles. The van der Waals surface area contributed by atoms with Gasteiger partial charge in [0.15, 0.2) is 9.49 Å². The molecular weight excluding hydrogens is 1800 g/mol. The van der Waals surface area contributed by atoms with Crippen molar-refractivity contribution in [2.24, 2.45) is 165 Å². The van der Waals surface area contributed by atoms with E-state index in [4.69, 9.17) is 58.2 Å². The van der Waals surface area contributed by atoms with Crippen LogP contribution in [-0.4, -0.2) is 214 Å². The number of ether oxygens (including phenoxy) is 4. The summed E-state index contributed by atoms with van der Waals surface area (Å²) in [6, 6.07) is 4.15. The Kier molecular flexibility index (Phi) is 21.8. The lowest BCUT2D eigenvalue weighted by atomic mass is 9.73. The zero-order valence-corrected chi connectivity index (χ0v) is 77.3. The Bertz CT molecular complexity index is 5540. The van der Waals surface area contributed by atoms with Gasteiger partial charge in [0.05, 0.1) is 115 Å². The number of esters is 4. The molecule has 44 atom stereocenters. The number of carbonyl (C=O) groups is 4. The lowest BCUT2D eigenvalue weighted by Crippen LogP contribution is -2.48. The minimum Gasteiger partial charge on any atom is -0.469 e. The lowest BCUT2D eigenvalue weighted by Gasteiger charge is -2.35. The van der Waals surface area contributed by atoms with Gasteiger partial charge in [-0.25, -0.2) is 0 Å². The molecule has 0 radical (unpaired) electrons. The minimum atomic E-state index is -4.44. The highest BCUT2D eigenvalue weighted by molar-refractivity contribution is 7.90. The predicted octanol–water partition coefficient (Wildman–Crippen LogP) is 5.95. The van der Waals surface area contributed by atoms with Gasteiger partial charge in [0.2, 0.25) is 0 Å². The predicted molar refractivity (Wildman–Crippen MR) is 420 cm³/mol. The van der Waals surface area contributed by atoms with Crippen LogP contribution in [-0.2, 0) is 153 Å². The molecule has 24 aliphatic rings. The van der Waals surface area contributed by atoms with Crippen molar-refractivity contribution in [3.63, 3.8) is 0 Å². The Morgan fingerprint density at radius 1 is 0.435 bits per heavy atom. The summed E-state index contributed by atoms with van der Waals surface area (Å²) in [5, 5.41) is 14.6. The van der Waals surface area contributed by atoms with E-state index in [2.05, 4.69) is 31.6 Å². The first-order chi connectivity index (χ1) is 57.3. The largest absolute Gasteiger partial charge is 0.469 e. The van der Waals surface area contributed by atoms with Gasteiger partial charge in [-0.3, -0.25) is 52.6 Å². The van der Waals surface area contributed by atoms with Crippen LogP contribution in [0.2, 0.25) is 0 Å². The van der Waals surface area contributed by atoms with Crippen molar-refractivity contribution in [1.82, 2.24) is 0 Å². The fourth-order valence-corrected chi connectivity index (χ4v) is 46.8. The van der Waals surface area contributed by atoms with Crippen molar-refractivity contribution in [3.8, 4) is 12.1 Å². The van der Waals surface area contributed by atoms with E-state index in [0.29, 0.717) is 79.4 Å². The van der Waals surface area contributed by atoms with Crippen LogP contribution in [0.1, 0.15) is 160 Å². The van der Waals surface area contributed by atoms with Gasteiger partial charge in [-0.1, -0.05) is 62.3 Å². The number of hydrogen-bond donors (Lipinski definition) is 0. The molecule has 45 heteroatoms. The molecule has 34 nitrogen and oxygen atoms in total. The summed E-state index contributed by atoms with van der Waals surface area (Å²) in [5.41, 5.74) is -1.14. The van der Waals surface area contributed by atoms with Gasteiger partial charge in [0, 0.05) is 60.7 Å². The topological polar surface area (TPSA) is 500 Å². The van der Waals surface area contributed by atoms with E-state index >= 15 is 0 Å². The average molecular weight is 1910 g/mol. The maximum Gasteiger partial charge on any atom is 0.393 e. The van der Waals surface area contributed by atoms with Crippen LogP contribution in [0.4, 0.5) is 13.2 Å². The number of rotatable bonds is 6. The van der Waals surface area contributed by atoms with E-state index in [9.17, 15) is 99.7 Å². The molecule has 16 aliphatic carbocycles. The number of fused-ring (bicyclic) bond motifs is 8. The third-order valence-electron chi connectivity index (χ3n) is 36.2. The van der Waals surface area contributed by atoms with Crippen molar-refractivity contribution < 1.29 is 152 Å². The van der Waals surface area contributed by atoms with Crippen molar-refractivity contribution in [2.75, 3.05) is 27.4 Å². The molecule has 696 valence electrons. The summed E-state index contributed by atoms with van der Waals surface area (Å²) in [4.78, 5) is 45.8. The summed E-state index contributed by atoms with van der Waals surface area (Å²) < 4.78 is 285. The highest BCUT2D eigenvalue weighted by Crippen LogP contribution is 2.73. The van der Waals surface area contributed by atoms with Crippen molar-refractivity contribution in [2.45, 2.75) is 256 Å². The second-order valence-corrected chi connectivity index (χ2v) is 55.3. The Morgan fingerprint density at radius 3 is 1.40 bits per heavy atom. The molecule has 0 N–H and O–H groups in total. The van der Waals surface area contributed by atoms with Crippen LogP contribution in [0.25, 0.3) is 0 Å². The SMILES string of the molecule is CC(=O)OCC12CC3C(COC(C)=O)(C1)C(OS3(=O)=O)C2C.CC1C2CC3C1OS(=O)(=O)C3(C#N)C2.CC1C2CC3C1OS(=O)(=O)C3(C)C2.CC1C2CC3C1OS(=O)(=O)C3C2C.CC1C2CC3C1OS(=O)(=O)C3C2C#N.CC1C2CC3C1OS(=O)(=O)C3C2C(F)(F)F.COC(=O)C12CC3CC1C(OS2(=O)=O)C3C.COC(=O)C1C2CC3C(OS(=O)(=O)C31)C2C. The molecule has 8 heterocycles. The molecule has 16 saturated carbocycles. The lowest BCUT2D eigenvalue weighted by molar-refractivity contribution is -0.190. The zero-order chi connectivity index (χ0) is 90.6. The summed E-state index contributed by atoms with van der Waals surface area (Å²) >= 11 is 0. The monoisotopic (exact) mass is 1910 g/mol. The van der Waals surface area contributed by atoms with Crippen LogP contribution in [0.15, 0.2) is 0 Å². The van der Waals surface area contributed by atoms with Crippen LogP contribution in [0.5, 0.6) is 0 Å². The molecule has 0 aromatic carbocycles. The van der Waals surface area contributed by atoms with Gasteiger partial charge in [0.1, 0.15) is 27.1 Å². The number of carbonyl (C=O) groups excluding carboxylic acids is 4. The molecule has 44 unspecified atom stereocenters. The molecule has 0 aromatic heterocycles. The van der Waals surface area contributed by atoms with E-state index in [1.165, 1.54) is 28.1 Å². The van der Waals surface area contributed by atoms with Crippen LogP contribution < -0.4 is 0 Å². The van der Waals surface area contributed by atoms with Gasteiger partial charge in [0.25, 0.3) is 80.9 Å². The maximum absolute atomic E-state index is 12.9. The van der Waals surface area contributed by atoms with Crippen molar-refractivity contribution >= 4 is 105 Å². The molecule has 8 saturated heterocycles. The normalized spacial score (nSPS) is 54.0. The highest BCUT2D eigenvalue weighted by Gasteiger charge is 2.81. The summed E-state index contributed by atoms with van der Waals surface area (Å²) in [7, 11) is -26.1. The van der Waals surface area contributed by atoms with Gasteiger partial charge in [-0.15, -0.1) is 0 Å². The first-order valence-corrected chi connectivity index (χ1v) is 54.6. The minimum absolute atomic E-state index is 0.00546. The van der Waals surface area contributed by atoms with Gasteiger partial charge in [-0.2, -0.15) is 91.0 Å². The first kappa shape index (κ1) is 91.8. The first-order valence-electron chi connectivity index (χ1n) is 43.0. The number of methoxy groups -OCH3 is 2. The molecule has 16 bridgehead atoms. The molecule has 0 amide bonds. The van der Waals surface area contributed by atoms with E-state index in [1.807, 2.05) is 47.6 Å². The summed E-state index contributed by atoms with van der Waals surface area (Å²) in [6.45, 7) is 22.6. The van der Waals surface area contributed by atoms with Crippen molar-refractivity contribution in [1.29, 1.82) is 10.5 Å². The van der Waals surface area contributed by atoms with E-state index in [1.54, 1.807) is 6.92 Å². The number of alkyl halides is 3. The fourth-order valence-electron chi connectivity index (χ4n) is 30.3. The molecular formula is C79H109F3N2O32S8. The highest BCUT2D eigenvalue weighted by atomic mass is 32.3. The van der Waals surface area contributed by atoms with Crippen LogP contribution in [0, 0.1) is 187 Å². The molecule has 124 heavy (non-hydrogen) atoms. The van der Waals surface area contributed by atoms with E-state index in [-0.39, 0.29) is 144 Å². The Balaban J connectivity index is 0.000000101. The fraction of sp³-hybridized carbons (Fsp3) is 0.924. The van der Waals surface area contributed by atoms with Crippen LogP contribution in [0.3, 0.4) is 0 Å². The quantitative estimate of drug-likeness (QED) is 0.168. The van der Waals surface area contributed by atoms with Gasteiger partial charge in [-0.05, 0) is 179 Å². The van der Waals surface area contributed by atoms with Gasteiger partial charge >= 0.3 is 30.1 Å². The second-order valence-electron chi connectivity index (χ2n) is 41.0. The number of nitriles is 2. The van der Waals surface area contributed by atoms with E-state index in [0.717, 1.165) is 44.9 Å². The van der Waals surface area contributed by atoms with Crippen molar-refractivity contribution in [3.05, 3.63) is 0 Å². The molecule has 24 fully saturated rings. The smallest absolute Gasteiger partial charge is 0.393 e. The van der Waals surface area contributed by atoms with Crippen LogP contribution >= 0.6 is 0 Å². The third-order valence-corrected chi connectivity index (χ3v) is 51.4. The third kappa shape index (κ3) is 12.7. The summed E-state index contributed by atoms with van der Waals surface area (Å²) in [6.07, 6.45) is 1.90. The molecule has 0 spiro atoms. The van der Waals surface area contributed by atoms with Gasteiger partial charge < -0.3 is 18.9 Å². The average Bonchev–Trinajstić information content (AvgIpc) is 1.50. The maximum atomic E-state index is 12.9. The standard InChI is InChI=1S/C14H20O7S.2C10H14O5S.C9H11F3O3S.2C9H11NO3S.2C9H14O3S/c1-8-12-14(7-20-10(3)16)5-13(8,6-19-9(2)15)4-11(14)22(17,18)21-12;1-5-6-3-7-8(5)15-16(12,13)10(7,4-6)9(11)14-2;1-4-5-3-6-8(4)15-16(12,13)9(6)7(5)10(11)14-2;1-3-4-2-5-7(3)15-16(13,14)8(5)6(4)9(10,11)12;1-5-6-2-7-8(5)13-14(11,12)9(7,3-6)4-10;1-4-5-2-6-8(4)13-14(11,12)9(6)7(5)3-10;1-5-6-3-7-8(5)12-13(10,11)9(7,2)4-6;1-4-6-3-7-8(4)12-13(10,11)9(7)5(6)2/h8,11-12H,4-7H2,1-3H3;5-8H,3-4H2,1-2H3;4-9H,3H2,1-2H3;3-8H,2H2,1H3;5-8H,2-3H2,1H3;4-9H,2H2,1H3;5-8H,3-4H2,1-2H3;4-9H,3H2,1-2H3.